The zero-order chi connectivity index (χ0) is 17.3. The first kappa shape index (κ1) is 17.0. The molecular formula is C20H25N5. The van der Waals surface area contributed by atoms with Crippen molar-refractivity contribution < 1.29 is 0 Å². The van der Waals surface area contributed by atoms with Crippen LogP contribution in [0.25, 0.3) is 11.0 Å². The molecule has 0 aliphatic rings. The number of para-hydroxylation sites is 2. The molecule has 5 nitrogen and oxygen atoms in total. The van der Waals surface area contributed by atoms with Gasteiger partial charge in [0.05, 0.1) is 17.4 Å². The number of benzene rings is 2. The molecular weight excluding hydrogens is 310 g/mol. The maximum Gasteiger partial charge on any atom is 0.190 e. The monoisotopic (exact) mass is 335 g/mol. The molecule has 2 N–H and O–H groups in total. The number of nitrogens with zero attached hydrogens (tertiary/aromatic N) is 3. The Balaban J connectivity index is 1.38. The van der Waals surface area contributed by atoms with E-state index >= 15 is 0 Å². The summed E-state index contributed by atoms with van der Waals surface area (Å²) < 4.78 is 2.20. The quantitative estimate of drug-likeness (QED) is 0.397. The number of aliphatic imine (C=N–C) groups is 1. The molecule has 1 aromatic heterocycles. The number of hydrogen-bond acceptors (Lipinski definition) is 2. The van der Waals surface area contributed by atoms with Crippen molar-refractivity contribution in [2.24, 2.45) is 4.99 Å². The van der Waals surface area contributed by atoms with E-state index in [9.17, 15) is 0 Å². The van der Waals surface area contributed by atoms with Gasteiger partial charge in [0.2, 0.25) is 0 Å². The van der Waals surface area contributed by atoms with E-state index < -0.39 is 0 Å². The summed E-state index contributed by atoms with van der Waals surface area (Å²) in [6.45, 7) is 2.68. The third-order valence-electron chi connectivity index (χ3n) is 4.17. The summed E-state index contributed by atoms with van der Waals surface area (Å²) >= 11 is 0. The number of guanidine groups is 1. The molecule has 1 heterocycles. The van der Waals surface area contributed by atoms with E-state index in [4.69, 9.17) is 0 Å². The van der Waals surface area contributed by atoms with Crippen molar-refractivity contribution in [3.63, 3.8) is 0 Å². The number of aryl methyl sites for hydroxylation is 1. The van der Waals surface area contributed by atoms with E-state index in [0.29, 0.717) is 0 Å². The van der Waals surface area contributed by atoms with Gasteiger partial charge in [0.1, 0.15) is 0 Å². The Hall–Kier alpha value is -2.82. The molecule has 0 bridgehead atoms. The summed E-state index contributed by atoms with van der Waals surface area (Å²) in [5.74, 6) is 0.853. The fourth-order valence-electron chi connectivity index (χ4n) is 2.84. The SMILES string of the molecule is CN=C(NCCCn1cnc2ccccc21)NCCc1ccccc1. The van der Waals surface area contributed by atoms with Gasteiger partial charge >= 0.3 is 0 Å². The Morgan fingerprint density at radius 2 is 1.76 bits per heavy atom. The van der Waals surface area contributed by atoms with Crippen molar-refractivity contribution in [2.75, 3.05) is 20.1 Å². The molecule has 0 radical (unpaired) electrons. The summed E-state index contributed by atoms with van der Waals surface area (Å²) in [6, 6.07) is 18.7. The molecule has 130 valence electrons. The molecule has 25 heavy (non-hydrogen) atoms. The number of nitrogens with one attached hydrogen (secondary N) is 2. The highest BCUT2D eigenvalue weighted by atomic mass is 15.2. The molecule has 0 saturated heterocycles. The Kier molecular flexibility index (Phi) is 6.04. The van der Waals surface area contributed by atoms with Crippen LogP contribution in [-0.2, 0) is 13.0 Å². The van der Waals surface area contributed by atoms with Gasteiger partial charge in [-0.3, -0.25) is 4.99 Å². The number of hydrogen-bond donors (Lipinski definition) is 2. The second-order valence-electron chi connectivity index (χ2n) is 5.94. The van der Waals surface area contributed by atoms with Crippen LogP contribution >= 0.6 is 0 Å². The fraction of sp³-hybridized carbons (Fsp3) is 0.300. The van der Waals surface area contributed by atoms with Crippen LogP contribution in [0.4, 0.5) is 0 Å². The van der Waals surface area contributed by atoms with E-state index in [1.807, 2.05) is 24.5 Å². The van der Waals surface area contributed by atoms with Crippen molar-refractivity contribution in [1.82, 2.24) is 20.2 Å². The molecule has 0 atom stereocenters. The average Bonchev–Trinajstić information content (AvgIpc) is 3.08. The zero-order valence-electron chi connectivity index (χ0n) is 14.7. The largest absolute Gasteiger partial charge is 0.356 e. The van der Waals surface area contributed by atoms with Gasteiger partial charge in [-0.1, -0.05) is 42.5 Å². The van der Waals surface area contributed by atoms with Crippen LogP contribution in [0, 0.1) is 0 Å². The molecule has 0 aliphatic carbocycles. The lowest BCUT2D eigenvalue weighted by atomic mass is 10.1. The molecule has 0 unspecified atom stereocenters. The molecule has 0 fully saturated rings. The lowest BCUT2D eigenvalue weighted by Crippen LogP contribution is -2.38. The minimum absolute atomic E-state index is 0.853. The van der Waals surface area contributed by atoms with Crippen LogP contribution < -0.4 is 10.6 Å². The molecule has 0 aliphatic heterocycles. The molecule has 0 spiro atoms. The highest BCUT2D eigenvalue weighted by Gasteiger charge is 2.01. The molecule has 0 amide bonds. The first-order chi connectivity index (χ1) is 12.4. The summed E-state index contributed by atoms with van der Waals surface area (Å²) in [7, 11) is 1.81. The van der Waals surface area contributed by atoms with E-state index in [1.165, 1.54) is 11.1 Å². The van der Waals surface area contributed by atoms with Crippen molar-refractivity contribution in [2.45, 2.75) is 19.4 Å². The molecule has 0 saturated carbocycles. The predicted molar refractivity (Wildman–Crippen MR) is 104 cm³/mol. The maximum atomic E-state index is 4.42. The van der Waals surface area contributed by atoms with Crippen LogP contribution in [0.1, 0.15) is 12.0 Å². The number of imidazole rings is 1. The minimum atomic E-state index is 0.853. The first-order valence-electron chi connectivity index (χ1n) is 8.75. The van der Waals surface area contributed by atoms with Crippen molar-refractivity contribution in [3.8, 4) is 0 Å². The Labute approximate surface area is 148 Å². The highest BCUT2D eigenvalue weighted by Crippen LogP contribution is 2.11. The average molecular weight is 335 g/mol. The van der Waals surface area contributed by atoms with Gasteiger partial charge in [-0.2, -0.15) is 0 Å². The third kappa shape index (κ3) is 4.83. The maximum absolute atomic E-state index is 4.42. The van der Waals surface area contributed by atoms with Crippen molar-refractivity contribution in [3.05, 3.63) is 66.5 Å². The third-order valence-corrected chi connectivity index (χ3v) is 4.17. The van der Waals surface area contributed by atoms with Gasteiger partial charge in [-0.25, -0.2) is 4.98 Å². The van der Waals surface area contributed by atoms with Gasteiger partial charge in [-0.05, 0) is 30.5 Å². The van der Waals surface area contributed by atoms with Gasteiger partial charge < -0.3 is 15.2 Å². The fourth-order valence-corrected chi connectivity index (χ4v) is 2.84. The Morgan fingerprint density at radius 1 is 1.00 bits per heavy atom. The van der Waals surface area contributed by atoms with Gasteiger partial charge in [0.25, 0.3) is 0 Å². The first-order valence-corrected chi connectivity index (χ1v) is 8.75. The van der Waals surface area contributed by atoms with Crippen LogP contribution in [0.3, 0.4) is 0 Å². The zero-order valence-corrected chi connectivity index (χ0v) is 14.7. The summed E-state index contributed by atoms with van der Waals surface area (Å²) in [6.07, 6.45) is 3.92. The molecule has 3 aromatic rings. The number of fused-ring (bicyclic) bond motifs is 1. The van der Waals surface area contributed by atoms with E-state index in [2.05, 4.69) is 61.6 Å². The standard InChI is InChI=1S/C20H25N5/c1-21-20(23-14-12-17-8-3-2-4-9-17)22-13-7-15-25-16-24-18-10-5-6-11-19(18)25/h2-6,8-11,16H,7,12-15H2,1H3,(H2,21,22,23). The van der Waals surface area contributed by atoms with Gasteiger partial charge in [-0.15, -0.1) is 0 Å². The van der Waals surface area contributed by atoms with E-state index in [0.717, 1.165) is 44.0 Å². The predicted octanol–water partition coefficient (Wildman–Crippen LogP) is 2.83. The number of rotatable bonds is 7. The van der Waals surface area contributed by atoms with Crippen molar-refractivity contribution in [1.29, 1.82) is 0 Å². The van der Waals surface area contributed by atoms with Crippen LogP contribution in [0.2, 0.25) is 0 Å². The summed E-state index contributed by atoms with van der Waals surface area (Å²) in [4.78, 5) is 8.70. The van der Waals surface area contributed by atoms with Gasteiger partial charge in [0.15, 0.2) is 5.96 Å². The van der Waals surface area contributed by atoms with Gasteiger partial charge in [0, 0.05) is 26.7 Å². The number of aromatic nitrogens is 2. The normalized spacial score (nSPS) is 11.6. The van der Waals surface area contributed by atoms with E-state index in [-0.39, 0.29) is 0 Å². The molecule has 3 rings (SSSR count). The van der Waals surface area contributed by atoms with Crippen molar-refractivity contribution >= 4 is 17.0 Å². The van der Waals surface area contributed by atoms with E-state index in [1.54, 1.807) is 7.05 Å². The molecule has 2 aromatic carbocycles. The summed E-state index contributed by atoms with van der Waals surface area (Å²) in [5.41, 5.74) is 3.57. The van der Waals surface area contributed by atoms with Crippen LogP contribution in [0.15, 0.2) is 65.9 Å². The second-order valence-corrected chi connectivity index (χ2v) is 5.94. The second kappa shape index (κ2) is 8.87. The van der Waals surface area contributed by atoms with Crippen LogP contribution in [0.5, 0.6) is 0 Å². The lowest BCUT2D eigenvalue weighted by molar-refractivity contribution is 0.637. The highest BCUT2D eigenvalue weighted by molar-refractivity contribution is 5.79. The smallest absolute Gasteiger partial charge is 0.190 e. The Morgan fingerprint density at radius 3 is 2.60 bits per heavy atom. The molecule has 5 heteroatoms. The summed E-state index contributed by atoms with van der Waals surface area (Å²) in [5, 5.41) is 6.73. The minimum Gasteiger partial charge on any atom is -0.356 e. The van der Waals surface area contributed by atoms with Crippen LogP contribution in [-0.4, -0.2) is 35.6 Å². The topological polar surface area (TPSA) is 54.2 Å². The lowest BCUT2D eigenvalue weighted by Gasteiger charge is -2.12. The Bertz CT molecular complexity index is 807.